The molecule has 3 aromatic carbocycles. The van der Waals surface area contributed by atoms with Gasteiger partial charge in [-0.05, 0) is 25.0 Å². The number of aryl methyl sites for hydroxylation is 2. The van der Waals surface area contributed by atoms with Gasteiger partial charge in [-0.25, -0.2) is 0 Å². The third-order valence-corrected chi connectivity index (χ3v) is 4.39. The molecule has 3 aromatic rings. The number of benzene rings is 2. The summed E-state index contributed by atoms with van der Waals surface area (Å²) in [5, 5.41) is 11.6. The van der Waals surface area contributed by atoms with Crippen LogP contribution in [0.4, 0.5) is 0 Å². The van der Waals surface area contributed by atoms with Crippen LogP contribution in [-0.2, 0) is 17.1 Å². The molecule has 0 bridgehead atoms. The molecule has 1 nitrogen and oxygen atoms in total. The van der Waals surface area contributed by atoms with Crippen LogP contribution in [0.15, 0.2) is 115 Å². The van der Waals surface area contributed by atoms with Crippen molar-refractivity contribution in [2.45, 2.75) is 13.8 Å². The summed E-state index contributed by atoms with van der Waals surface area (Å²) in [5.74, 6) is 0.0452. The Morgan fingerprint density at radius 2 is 1.52 bits per heavy atom. The summed E-state index contributed by atoms with van der Waals surface area (Å²) < 4.78 is 0. The summed E-state index contributed by atoms with van der Waals surface area (Å²) in [7, 11) is 0. The fraction of sp³-hybridized carbons (Fsp3) is 0.0741. The van der Waals surface area contributed by atoms with Crippen molar-refractivity contribution in [3.63, 3.8) is 0 Å². The maximum Gasteiger partial charge on any atom is 2.00 e. The minimum absolute atomic E-state index is 0. The van der Waals surface area contributed by atoms with E-state index in [1.165, 1.54) is 22.3 Å². The van der Waals surface area contributed by atoms with Crippen molar-refractivity contribution in [2.24, 2.45) is 0 Å². The second-order valence-electron chi connectivity index (χ2n) is 6.83. The van der Waals surface area contributed by atoms with Gasteiger partial charge in [-0.1, -0.05) is 102 Å². The van der Waals surface area contributed by atoms with Crippen molar-refractivity contribution in [3.8, 4) is 11.1 Å². The van der Waals surface area contributed by atoms with E-state index in [4.69, 9.17) is 0 Å². The fourth-order valence-corrected chi connectivity index (χ4v) is 3.08. The summed E-state index contributed by atoms with van der Waals surface area (Å²) in [4.78, 5) is 0. The molecular formula is C27H24FeO. The van der Waals surface area contributed by atoms with Crippen molar-refractivity contribution >= 4 is 6.08 Å². The van der Waals surface area contributed by atoms with E-state index in [-0.39, 0.29) is 22.8 Å². The molecule has 1 aliphatic rings. The fourth-order valence-electron chi connectivity index (χ4n) is 3.08. The molecule has 0 fully saturated rings. The van der Waals surface area contributed by atoms with Crippen LogP contribution in [0.1, 0.15) is 16.7 Å². The summed E-state index contributed by atoms with van der Waals surface area (Å²) in [5.41, 5.74) is 7.07. The zero-order chi connectivity index (χ0) is 19.8. The van der Waals surface area contributed by atoms with E-state index in [2.05, 4.69) is 56.3 Å². The third kappa shape index (κ3) is 6.87. The number of hydrogen-bond donors (Lipinski definition) is 0. The third-order valence-electron chi connectivity index (χ3n) is 4.39. The molecule has 1 aliphatic carbocycles. The van der Waals surface area contributed by atoms with Crippen LogP contribution >= 0.6 is 0 Å². The SMILES string of the molecule is Cc1cc(C)cc(-c2ccc[cH-]2)c1.[Fe+2].[O-]C(C=Cc1ccccc1)=C1C=CC=C1. The van der Waals surface area contributed by atoms with E-state index in [0.717, 1.165) is 11.1 Å². The van der Waals surface area contributed by atoms with Gasteiger partial charge in [-0.15, -0.1) is 11.8 Å². The number of rotatable bonds is 3. The normalized spacial score (nSPS) is 11.9. The van der Waals surface area contributed by atoms with E-state index < -0.39 is 0 Å². The van der Waals surface area contributed by atoms with E-state index in [1.807, 2.05) is 60.7 Å². The van der Waals surface area contributed by atoms with Crippen molar-refractivity contribution in [1.29, 1.82) is 0 Å². The Morgan fingerprint density at radius 3 is 2.10 bits per heavy atom. The molecule has 0 heterocycles. The molecule has 0 amide bonds. The summed E-state index contributed by atoms with van der Waals surface area (Å²) in [6.07, 6.45) is 10.8. The van der Waals surface area contributed by atoms with E-state index in [0.29, 0.717) is 0 Å². The molecule has 0 atom stereocenters. The van der Waals surface area contributed by atoms with Crippen LogP contribution < -0.4 is 5.11 Å². The zero-order valence-corrected chi connectivity index (χ0v) is 17.8. The molecule has 29 heavy (non-hydrogen) atoms. The molecule has 0 N–H and O–H groups in total. The first kappa shape index (κ1) is 22.4. The first-order valence-corrected chi connectivity index (χ1v) is 9.41. The van der Waals surface area contributed by atoms with Crippen molar-refractivity contribution in [2.75, 3.05) is 0 Å². The van der Waals surface area contributed by atoms with Crippen LogP contribution in [0.2, 0.25) is 0 Å². The molecule has 0 aromatic heterocycles. The first-order chi connectivity index (χ1) is 13.6. The Bertz CT molecular complexity index is 985. The Morgan fingerprint density at radius 1 is 0.862 bits per heavy atom. The second kappa shape index (κ2) is 11.2. The average Bonchev–Trinajstić information content (AvgIpc) is 3.40. The van der Waals surface area contributed by atoms with Crippen molar-refractivity contribution in [3.05, 3.63) is 131 Å². The van der Waals surface area contributed by atoms with Crippen LogP contribution in [-0.4, -0.2) is 0 Å². The smallest absolute Gasteiger partial charge is 0.872 e. The average molecular weight is 420 g/mol. The quantitative estimate of drug-likeness (QED) is 0.284. The molecule has 0 saturated carbocycles. The molecule has 0 radical (unpaired) electrons. The Hall–Kier alpha value is -2.93. The van der Waals surface area contributed by atoms with Gasteiger partial charge in [0.25, 0.3) is 0 Å². The minimum atomic E-state index is 0. The topological polar surface area (TPSA) is 23.1 Å². The van der Waals surface area contributed by atoms with Gasteiger partial charge in [0, 0.05) is 0 Å². The summed E-state index contributed by atoms with van der Waals surface area (Å²) in [6, 6.07) is 24.9. The van der Waals surface area contributed by atoms with Gasteiger partial charge in [0.15, 0.2) is 0 Å². The molecule has 0 aliphatic heterocycles. The van der Waals surface area contributed by atoms with Gasteiger partial charge in [0.1, 0.15) is 0 Å². The van der Waals surface area contributed by atoms with Gasteiger partial charge in [0.05, 0.1) is 0 Å². The van der Waals surface area contributed by atoms with E-state index in [1.54, 1.807) is 6.08 Å². The Balaban J connectivity index is 0.000000202. The van der Waals surface area contributed by atoms with Gasteiger partial charge in [-0.2, -0.15) is 23.8 Å². The van der Waals surface area contributed by atoms with Crippen LogP contribution in [0.3, 0.4) is 0 Å². The minimum Gasteiger partial charge on any atom is -0.872 e. The summed E-state index contributed by atoms with van der Waals surface area (Å²) in [6.45, 7) is 4.28. The molecule has 0 spiro atoms. The Kier molecular flexibility index (Phi) is 8.61. The number of allylic oxidation sites excluding steroid dienone is 6. The Labute approximate surface area is 184 Å². The van der Waals surface area contributed by atoms with Crippen LogP contribution in [0, 0.1) is 13.8 Å². The van der Waals surface area contributed by atoms with Crippen molar-refractivity contribution in [1.82, 2.24) is 0 Å². The van der Waals surface area contributed by atoms with Gasteiger partial charge in [0.2, 0.25) is 0 Å². The van der Waals surface area contributed by atoms with Gasteiger partial charge < -0.3 is 5.11 Å². The van der Waals surface area contributed by atoms with Crippen molar-refractivity contribution < 1.29 is 22.2 Å². The molecule has 0 unspecified atom stereocenters. The van der Waals surface area contributed by atoms with Crippen LogP contribution in [0.25, 0.3) is 17.2 Å². The molecular weight excluding hydrogens is 396 g/mol. The standard InChI is InChI=1S/C14H12O.C13H13.Fe/c15-14(13-8-4-5-9-13)11-10-12-6-2-1-3-7-12;1-10-7-11(2)9-13(8-10)12-5-3-4-6-12;/h1-11,15H;3-9H,1-2H3;/q;-1;+2/p-1. The molecule has 0 saturated heterocycles. The second-order valence-corrected chi connectivity index (χ2v) is 6.83. The zero-order valence-electron chi connectivity index (χ0n) is 16.7. The first-order valence-electron chi connectivity index (χ1n) is 9.41. The van der Waals surface area contributed by atoms with E-state index >= 15 is 0 Å². The maximum atomic E-state index is 11.6. The van der Waals surface area contributed by atoms with E-state index in [9.17, 15) is 5.11 Å². The predicted octanol–water partition coefficient (Wildman–Crippen LogP) is 6.13. The monoisotopic (exact) mass is 420 g/mol. The number of hydrogen-bond acceptors (Lipinski definition) is 1. The van der Waals surface area contributed by atoms with Gasteiger partial charge in [-0.3, -0.25) is 0 Å². The summed E-state index contributed by atoms with van der Waals surface area (Å²) >= 11 is 0. The molecule has 4 rings (SSSR count). The predicted molar refractivity (Wildman–Crippen MR) is 118 cm³/mol. The van der Waals surface area contributed by atoms with Gasteiger partial charge >= 0.3 is 17.1 Å². The maximum absolute atomic E-state index is 11.6. The van der Waals surface area contributed by atoms with Crippen LogP contribution in [0.5, 0.6) is 0 Å². The molecule has 2 heteroatoms. The largest absolute Gasteiger partial charge is 2.00 e. The molecule has 146 valence electrons.